The first kappa shape index (κ1) is 12.6. The molecule has 3 rings (SSSR count). The second-order valence-electron chi connectivity index (χ2n) is 4.62. The minimum Gasteiger partial charge on any atom is -0.339 e. The highest BCUT2D eigenvalue weighted by Gasteiger charge is 2.15. The summed E-state index contributed by atoms with van der Waals surface area (Å²) in [5, 5.41) is 3.96. The second-order valence-corrected chi connectivity index (χ2v) is 4.62. The van der Waals surface area contributed by atoms with Crippen LogP contribution in [0.1, 0.15) is 17.5 Å². The molecule has 1 unspecified atom stereocenters. The summed E-state index contributed by atoms with van der Waals surface area (Å²) in [5.41, 5.74) is 8.00. The molecule has 0 aliphatic heterocycles. The van der Waals surface area contributed by atoms with Crippen LogP contribution in [0, 0.1) is 0 Å². The SMILES string of the molecule is Cn1cncc1-c1noc(CC(N)c2ccccc2)n1. The Hall–Kier alpha value is -2.47. The molecule has 0 fully saturated rings. The Balaban J connectivity index is 1.77. The molecule has 0 aliphatic rings. The number of rotatable bonds is 4. The maximum absolute atomic E-state index is 6.14. The van der Waals surface area contributed by atoms with Gasteiger partial charge in [-0.05, 0) is 5.56 Å². The van der Waals surface area contributed by atoms with Gasteiger partial charge in [0.15, 0.2) is 0 Å². The minimum atomic E-state index is -0.156. The number of aryl methyl sites for hydroxylation is 1. The molecule has 1 atom stereocenters. The van der Waals surface area contributed by atoms with Crippen molar-refractivity contribution in [1.82, 2.24) is 19.7 Å². The monoisotopic (exact) mass is 269 g/mol. The van der Waals surface area contributed by atoms with Crippen LogP contribution in [-0.4, -0.2) is 19.7 Å². The van der Waals surface area contributed by atoms with E-state index in [-0.39, 0.29) is 6.04 Å². The highest BCUT2D eigenvalue weighted by Crippen LogP contribution is 2.18. The number of hydrogen-bond donors (Lipinski definition) is 1. The fraction of sp³-hybridized carbons (Fsp3) is 0.214. The lowest BCUT2D eigenvalue weighted by Crippen LogP contribution is -2.13. The van der Waals surface area contributed by atoms with Crippen molar-refractivity contribution in [2.75, 3.05) is 0 Å². The van der Waals surface area contributed by atoms with Gasteiger partial charge in [0.25, 0.3) is 0 Å². The van der Waals surface area contributed by atoms with Gasteiger partial charge in [0.2, 0.25) is 11.7 Å². The zero-order chi connectivity index (χ0) is 13.9. The molecular weight excluding hydrogens is 254 g/mol. The van der Waals surface area contributed by atoms with Gasteiger partial charge in [0.05, 0.1) is 12.5 Å². The van der Waals surface area contributed by atoms with E-state index in [0.717, 1.165) is 11.3 Å². The normalized spacial score (nSPS) is 12.5. The van der Waals surface area contributed by atoms with Crippen LogP contribution in [0.4, 0.5) is 0 Å². The Kier molecular flexibility index (Phi) is 3.30. The number of aromatic nitrogens is 4. The first-order chi connectivity index (χ1) is 9.74. The molecule has 0 radical (unpaired) electrons. The Morgan fingerprint density at radius 2 is 2.10 bits per heavy atom. The molecule has 0 amide bonds. The van der Waals surface area contributed by atoms with E-state index in [4.69, 9.17) is 10.3 Å². The molecule has 3 aromatic rings. The average molecular weight is 269 g/mol. The van der Waals surface area contributed by atoms with Gasteiger partial charge >= 0.3 is 0 Å². The molecule has 6 heteroatoms. The van der Waals surface area contributed by atoms with E-state index in [1.165, 1.54) is 0 Å². The number of imidazole rings is 1. The molecule has 6 nitrogen and oxygen atoms in total. The first-order valence-corrected chi connectivity index (χ1v) is 6.34. The van der Waals surface area contributed by atoms with Crippen molar-refractivity contribution in [2.24, 2.45) is 12.8 Å². The van der Waals surface area contributed by atoms with Crippen molar-refractivity contribution < 1.29 is 4.52 Å². The minimum absolute atomic E-state index is 0.156. The summed E-state index contributed by atoms with van der Waals surface area (Å²) >= 11 is 0. The number of nitrogens with two attached hydrogens (primary N) is 1. The highest BCUT2D eigenvalue weighted by atomic mass is 16.5. The molecule has 0 saturated carbocycles. The van der Waals surface area contributed by atoms with E-state index >= 15 is 0 Å². The largest absolute Gasteiger partial charge is 0.339 e. The summed E-state index contributed by atoms with van der Waals surface area (Å²) < 4.78 is 7.09. The molecule has 0 spiro atoms. The van der Waals surface area contributed by atoms with E-state index in [0.29, 0.717) is 18.1 Å². The number of benzene rings is 1. The molecule has 1 aromatic carbocycles. The van der Waals surface area contributed by atoms with Crippen LogP contribution in [0.25, 0.3) is 11.5 Å². The standard InChI is InChI=1S/C14H15N5O/c1-19-9-16-8-12(19)14-17-13(20-18-14)7-11(15)10-5-3-2-4-6-10/h2-6,8-9,11H,7,15H2,1H3. The van der Waals surface area contributed by atoms with E-state index in [1.54, 1.807) is 12.5 Å². The van der Waals surface area contributed by atoms with Gasteiger partial charge < -0.3 is 14.8 Å². The first-order valence-electron chi connectivity index (χ1n) is 6.34. The summed E-state index contributed by atoms with van der Waals surface area (Å²) in [6.07, 6.45) is 3.90. The van der Waals surface area contributed by atoms with Crippen molar-refractivity contribution >= 4 is 0 Å². The second kappa shape index (κ2) is 5.26. The smallest absolute Gasteiger partial charge is 0.228 e. The van der Waals surface area contributed by atoms with Crippen molar-refractivity contribution in [3.05, 3.63) is 54.3 Å². The fourth-order valence-corrected chi connectivity index (χ4v) is 2.02. The topological polar surface area (TPSA) is 82.8 Å². The Morgan fingerprint density at radius 3 is 2.80 bits per heavy atom. The predicted molar refractivity (Wildman–Crippen MR) is 73.6 cm³/mol. The van der Waals surface area contributed by atoms with E-state index in [9.17, 15) is 0 Å². The van der Waals surface area contributed by atoms with Crippen LogP contribution in [-0.2, 0) is 13.5 Å². The molecule has 0 saturated heterocycles. The third-order valence-corrected chi connectivity index (χ3v) is 3.14. The molecular formula is C14H15N5O. The van der Waals surface area contributed by atoms with Crippen LogP contribution < -0.4 is 5.73 Å². The van der Waals surface area contributed by atoms with Crippen LogP contribution in [0.2, 0.25) is 0 Å². The van der Waals surface area contributed by atoms with E-state index < -0.39 is 0 Å². The highest BCUT2D eigenvalue weighted by molar-refractivity contribution is 5.47. The van der Waals surface area contributed by atoms with Gasteiger partial charge in [-0.25, -0.2) is 4.98 Å². The predicted octanol–water partition coefficient (Wildman–Crippen LogP) is 1.71. The van der Waals surface area contributed by atoms with Crippen LogP contribution >= 0.6 is 0 Å². The summed E-state index contributed by atoms with van der Waals surface area (Å²) in [6.45, 7) is 0. The molecule has 0 aliphatic carbocycles. The third-order valence-electron chi connectivity index (χ3n) is 3.14. The zero-order valence-corrected chi connectivity index (χ0v) is 11.1. The Labute approximate surface area is 116 Å². The fourth-order valence-electron chi connectivity index (χ4n) is 2.02. The van der Waals surface area contributed by atoms with Crippen molar-refractivity contribution in [2.45, 2.75) is 12.5 Å². The third kappa shape index (κ3) is 2.46. The lowest BCUT2D eigenvalue weighted by atomic mass is 10.1. The van der Waals surface area contributed by atoms with E-state index in [2.05, 4.69) is 15.1 Å². The van der Waals surface area contributed by atoms with Crippen molar-refractivity contribution in [3.63, 3.8) is 0 Å². The summed E-state index contributed by atoms with van der Waals surface area (Å²) in [5.74, 6) is 1.05. The van der Waals surface area contributed by atoms with Gasteiger partial charge in [-0.3, -0.25) is 0 Å². The van der Waals surface area contributed by atoms with Gasteiger partial charge in [-0.2, -0.15) is 4.98 Å². The molecule has 2 heterocycles. The van der Waals surface area contributed by atoms with Gasteiger partial charge in [-0.1, -0.05) is 35.5 Å². The van der Waals surface area contributed by atoms with Gasteiger partial charge in [-0.15, -0.1) is 0 Å². The molecule has 0 bridgehead atoms. The number of hydrogen-bond acceptors (Lipinski definition) is 5. The van der Waals surface area contributed by atoms with Crippen molar-refractivity contribution in [3.8, 4) is 11.5 Å². The zero-order valence-electron chi connectivity index (χ0n) is 11.1. The maximum Gasteiger partial charge on any atom is 0.228 e. The lowest BCUT2D eigenvalue weighted by molar-refractivity contribution is 0.370. The van der Waals surface area contributed by atoms with Crippen LogP contribution in [0.5, 0.6) is 0 Å². The summed E-state index contributed by atoms with van der Waals surface area (Å²) in [7, 11) is 1.88. The molecule has 2 N–H and O–H groups in total. The van der Waals surface area contributed by atoms with Crippen LogP contribution in [0.15, 0.2) is 47.4 Å². The maximum atomic E-state index is 6.14. The average Bonchev–Trinajstić information content (AvgIpc) is 3.08. The molecule has 2 aromatic heterocycles. The Morgan fingerprint density at radius 1 is 1.30 bits per heavy atom. The quantitative estimate of drug-likeness (QED) is 0.779. The van der Waals surface area contributed by atoms with Gasteiger partial charge in [0, 0.05) is 19.5 Å². The summed E-state index contributed by atoms with van der Waals surface area (Å²) in [4.78, 5) is 8.39. The van der Waals surface area contributed by atoms with E-state index in [1.807, 2.05) is 41.9 Å². The molecule has 20 heavy (non-hydrogen) atoms. The lowest BCUT2D eigenvalue weighted by Gasteiger charge is -2.08. The van der Waals surface area contributed by atoms with Crippen LogP contribution in [0.3, 0.4) is 0 Å². The number of nitrogens with zero attached hydrogens (tertiary/aromatic N) is 4. The van der Waals surface area contributed by atoms with Crippen molar-refractivity contribution in [1.29, 1.82) is 0 Å². The summed E-state index contributed by atoms with van der Waals surface area (Å²) in [6, 6.07) is 9.71. The Bertz CT molecular complexity index is 688. The molecule has 102 valence electrons. The van der Waals surface area contributed by atoms with Gasteiger partial charge in [0.1, 0.15) is 5.69 Å².